The van der Waals surface area contributed by atoms with Gasteiger partial charge in [-0.05, 0) is 31.1 Å². The molecular formula is C15H27NO. The highest BCUT2D eigenvalue weighted by atomic mass is 16.1. The highest BCUT2D eigenvalue weighted by molar-refractivity contribution is 5.75. The maximum absolute atomic E-state index is 11.7. The highest BCUT2D eigenvalue weighted by Gasteiger charge is 2.17. The number of rotatable bonds is 5. The molecule has 0 spiro atoms. The summed E-state index contributed by atoms with van der Waals surface area (Å²) < 4.78 is 0. The summed E-state index contributed by atoms with van der Waals surface area (Å²) in [7, 11) is 0. The SMILES string of the molecule is O=C(CCC1CCCC1)NCC1CCCCC1. The Kier molecular flexibility index (Phi) is 5.34. The molecule has 2 nitrogen and oxygen atoms in total. The van der Waals surface area contributed by atoms with Crippen molar-refractivity contribution in [1.82, 2.24) is 5.32 Å². The molecule has 17 heavy (non-hydrogen) atoms. The van der Waals surface area contributed by atoms with Crippen molar-refractivity contribution >= 4 is 5.91 Å². The van der Waals surface area contributed by atoms with Crippen LogP contribution in [0.15, 0.2) is 0 Å². The van der Waals surface area contributed by atoms with Gasteiger partial charge in [-0.1, -0.05) is 44.9 Å². The number of carbonyl (C=O) groups excluding carboxylic acids is 1. The van der Waals surface area contributed by atoms with E-state index >= 15 is 0 Å². The van der Waals surface area contributed by atoms with Gasteiger partial charge in [0.15, 0.2) is 0 Å². The van der Waals surface area contributed by atoms with Crippen molar-refractivity contribution in [1.29, 1.82) is 0 Å². The van der Waals surface area contributed by atoms with Gasteiger partial charge >= 0.3 is 0 Å². The van der Waals surface area contributed by atoms with E-state index in [9.17, 15) is 4.79 Å². The second-order valence-corrected chi connectivity index (χ2v) is 6.00. The van der Waals surface area contributed by atoms with E-state index < -0.39 is 0 Å². The molecule has 0 atom stereocenters. The molecule has 2 fully saturated rings. The molecular weight excluding hydrogens is 210 g/mol. The molecule has 2 aliphatic carbocycles. The van der Waals surface area contributed by atoms with Crippen LogP contribution in [0.3, 0.4) is 0 Å². The van der Waals surface area contributed by atoms with E-state index in [4.69, 9.17) is 0 Å². The summed E-state index contributed by atoms with van der Waals surface area (Å²) in [6.45, 7) is 0.934. The Morgan fingerprint density at radius 3 is 2.18 bits per heavy atom. The molecule has 2 rings (SSSR count). The fraction of sp³-hybridized carbons (Fsp3) is 0.933. The van der Waals surface area contributed by atoms with Crippen LogP contribution < -0.4 is 5.32 Å². The van der Waals surface area contributed by atoms with E-state index in [1.165, 1.54) is 57.8 Å². The van der Waals surface area contributed by atoms with Crippen LogP contribution >= 0.6 is 0 Å². The first-order valence-electron chi connectivity index (χ1n) is 7.61. The van der Waals surface area contributed by atoms with Gasteiger partial charge in [-0.25, -0.2) is 0 Å². The molecule has 1 amide bonds. The van der Waals surface area contributed by atoms with E-state index in [0.29, 0.717) is 5.91 Å². The average molecular weight is 237 g/mol. The molecule has 2 heteroatoms. The fourth-order valence-corrected chi connectivity index (χ4v) is 3.37. The normalized spacial score (nSPS) is 22.8. The first-order chi connectivity index (χ1) is 8.34. The molecule has 2 saturated carbocycles. The zero-order valence-electron chi connectivity index (χ0n) is 11.0. The third kappa shape index (κ3) is 4.69. The van der Waals surface area contributed by atoms with Crippen molar-refractivity contribution in [2.45, 2.75) is 70.6 Å². The smallest absolute Gasteiger partial charge is 0.220 e. The fourth-order valence-electron chi connectivity index (χ4n) is 3.37. The van der Waals surface area contributed by atoms with E-state index in [-0.39, 0.29) is 0 Å². The molecule has 0 aromatic rings. The third-order valence-electron chi connectivity index (χ3n) is 4.57. The summed E-state index contributed by atoms with van der Waals surface area (Å²) >= 11 is 0. The Bertz CT molecular complexity index is 227. The summed E-state index contributed by atoms with van der Waals surface area (Å²) in [5.41, 5.74) is 0. The van der Waals surface area contributed by atoms with Crippen LogP contribution in [0.2, 0.25) is 0 Å². The summed E-state index contributed by atoms with van der Waals surface area (Å²) in [5.74, 6) is 1.90. The second kappa shape index (κ2) is 7.03. The zero-order chi connectivity index (χ0) is 11.9. The number of hydrogen-bond acceptors (Lipinski definition) is 1. The number of amides is 1. The topological polar surface area (TPSA) is 29.1 Å². The number of carbonyl (C=O) groups is 1. The van der Waals surface area contributed by atoms with Crippen LogP contribution in [0.5, 0.6) is 0 Å². The minimum atomic E-state index is 0.294. The minimum absolute atomic E-state index is 0.294. The lowest BCUT2D eigenvalue weighted by Gasteiger charge is -2.21. The first-order valence-corrected chi connectivity index (χ1v) is 7.61. The van der Waals surface area contributed by atoms with Gasteiger partial charge in [0.25, 0.3) is 0 Å². The first kappa shape index (κ1) is 12.9. The molecule has 1 N–H and O–H groups in total. The molecule has 0 heterocycles. The monoisotopic (exact) mass is 237 g/mol. The Morgan fingerprint density at radius 1 is 0.882 bits per heavy atom. The van der Waals surface area contributed by atoms with Gasteiger partial charge in [-0.15, -0.1) is 0 Å². The Labute approximate surface area is 106 Å². The maximum Gasteiger partial charge on any atom is 0.220 e. The third-order valence-corrected chi connectivity index (χ3v) is 4.57. The van der Waals surface area contributed by atoms with Gasteiger partial charge in [0.2, 0.25) is 5.91 Å². The van der Waals surface area contributed by atoms with E-state index in [1.807, 2.05) is 0 Å². The maximum atomic E-state index is 11.7. The summed E-state index contributed by atoms with van der Waals surface area (Å²) in [6.07, 6.45) is 14.1. The van der Waals surface area contributed by atoms with Crippen molar-refractivity contribution in [3.8, 4) is 0 Å². The van der Waals surface area contributed by atoms with Gasteiger partial charge in [-0.2, -0.15) is 0 Å². The van der Waals surface area contributed by atoms with Crippen LogP contribution in [0, 0.1) is 11.8 Å². The molecule has 0 aromatic heterocycles. The van der Waals surface area contributed by atoms with Crippen molar-refractivity contribution < 1.29 is 4.79 Å². The zero-order valence-corrected chi connectivity index (χ0v) is 11.0. The lowest BCUT2D eigenvalue weighted by atomic mass is 9.89. The molecule has 0 aliphatic heterocycles. The highest BCUT2D eigenvalue weighted by Crippen LogP contribution is 2.28. The summed E-state index contributed by atoms with van der Waals surface area (Å²) in [5, 5.41) is 3.14. The molecule has 98 valence electrons. The quantitative estimate of drug-likeness (QED) is 0.777. The van der Waals surface area contributed by atoms with Crippen LogP contribution in [0.25, 0.3) is 0 Å². The Morgan fingerprint density at radius 2 is 1.47 bits per heavy atom. The molecule has 0 bridgehead atoms. The molecule has 0 saturated heterocycles. The van der Waals surface area contributed by atoms with Crippen LogP contribution in [-0.4, -0.2) is 12.5 Å². The van der Waals surface area contributed by atoms with Crippen LogP contribution in [0.4, 0.5) is 0 Å². The molecule has 2 aliphatic rings. The van der Waals surface area contributed by atoms with E-state index in [2.05, 4.69) is 5.32 Å². The predicted molar refractivity (Wildman–Crippen MR) is 70.8 cm³/mol. The van der Waals surface area contributed by atoms with Gasteiger partial charge in [0.05, 0.1) is 0 Å². The largest absolute Gasteiger partial charge is 0.356 e. The van der Waals surface area contributed by atoms with Crippen molar-refractivity contribution in [2.24, 2.45) is 11.8 Å². The van der Waals surface area contributed by atoms with Crippen LogP contribution in [-0.2, 0) is 4.79 Å². The predicted octanol–water partition coefficient (Wildman–Crippen LogP) is 3.65. The van der Waals surface area contributed by atoms with Crippen molar-refractivity contribution in [3.05, 3.63) is 0 Å². The molecule has 0 unspecified atom stereocenters. The van der Waals surface area contributed by atoms with Gasteiger partial charge < -0.3 is 5.32 Å². The average Bonchev–Trinajstić information content (AvgIpc) is 2.88. The van der Waals surface area contributed by atoms with Gasteiger partial charge in [0.1, 0.15) is 0 Å². The number of nitrogens with one attached hydrogen (secondary N) is 1. The standard InChI is InChI=1S/C15H27NO/c17-15(11-10-13-6-4-5-7-13)16-12-14-8-2-1-3-9-14/h13-14H,1-12H2,(H,16,17). The molecule has 0 radical (unpaired) electrons. The molecule has 0 aromatic carbocycles. The minimum Gasteiger partial charge on any atom is -0.356 e. The lowest BCUT2D eigenvalue weighted by Crippen LogP contribution is -2.30. The Hall–Kier alpha value is -0.530. The Balaban J connectivity index is 1.53. The lowest BCUT2D eigenvalue weighted by molar-refractivity contribution is -0.121. The van der Waals surface area contributed by atoms with Gasteiger partial charge in [-0.3, -0.25) is 4.79 Å². The second-order valence-electron chi connectivity index (χ2n) is 6.00. The number of hydrogen-bond donors (Lipinski definition) is 1. The summed E-state index contributed by atoms with van der Waals surface area (Å²) in [4.78, 5) is 11.7. The van der Waals surface area contributed by atoms with Crippen molar-refractivity contribution in [3.63, 3.8) is 0 Å². The van der Waals surface area contributed by atoms with E-state index in [0.717, 1.165) is 31.2 Å². The van der Waals surface area contributed by atoms with Crippen molar-refractivity contribution in [2.75, 3.05) is 6.54 Å². The van der Waals surface area contributed by atoms with Crippen LogP contribution in [0.1, 0.15) is 70.6 Å². The van der Waals surface area contributed by atoms with E-state index in [1.54, 1.807) is 0 Å². The summed E-state index contributed by atoms with van der Waals surface area (Å²) in [6, 6.07) is 0. The van der Waals surface area contributed by atoms with Gasteiger partial charge in [0, 0.05) is 13.0 Å².